The smallest absolute Gasteiger partial charge is 0.134 e. The minimum Gasteiger partial charge on any atom is -0.377 e. The van der Waals surface area contributed by atoms with Crippen LogP contribution in [0.1, 0.15) is 18.9 Å². The third-order valence-electron chi connectivity index (χ3n) is 4.07. The second-order valence-corrected chi connectivity index (χ2v) is 5.84. The summed E-state index contributed by atoms with van der Waals surface area (Å²) >= 11 is 6.32. The molecule has 0 spiro atoms. The number of benzene rings is 1. The third-order valence-corrected chi connectivity index (χ3v) is 4.40. The molecule has 0 aliphatic carbocycles. The first-order valence-corrected chi connectivity index (χ1v) is 7.39. The minimum absolute atomic E-state index is 0.284. The van der Waals surface area contributed by atoms with E-state index in [1.807, 2.05) is 18.2 Å². The van der Waals surface area contributed by atoms with Crippen LogP contribution in [0.2, 0.25) is 5.15 Å². The molecule has 1 aromatic heterocycles. The molecule has 3 nitrogen and oxygen atoms in total. The summed E-state index contributed by atoms with van der Waals surface area (Å²) in [5.74, 6) is 0. The zero-order valence-corrected chi connectivity index (χ0v) is 12.6. The predicted octanol–water partition coefficient (Wildman–Crippen LogP) is 3.50. The van der Waals surface area contributed by atoms with E-state index < -0.39 is 0 Å². The lowest BCUT2D eigenvalue weighted by Gasteiger charge is -2.26. The van der Waals surface area contributed by atoms with Gasteiger partial charge in [-0.15, -0.1) is 0 Å². The van der Waals surface area contributed by atoms with E-state index in [4.69, 9.17) is 16.3 Å². The van der Waals surface area contributed by atoms with Crippen LogP contribution in [-0.4, -0.2) is 35.7 Å². The number of ether oxygens (including phenoxy) is 1. The first-order chi connectivity index (χ1) is 9.65. The van der Waals surface area contributed by atoms with Crippen molar-refractivity contribution >= 4 is 22.5 Å². The van der Waals surface area contributed by atoms with Gasteiger partial charge < -0.3 is 4.74 Å². The second kappa shape index (κ2) is 5.68. The van der Waals surface area contributed by atoms with Crippen molar-refractivity contribution in [1.82, 2.24) is 9.88 Å². The number of pyridine rings is 1. The number of halogens is 1. The Labute approximate surface area is 124 Å². The average molecular weight is 291 g/mol. The van der Waals surface area contributed by atoms with Crippen LogP contribution >= 0.6 is 11.6 Å². The van der Waals surface area contributed by atoms with E-state index in [0.29, 0.717) is 11.2 Å². The number of hydrogen-bond acceptors (Lipinski definition) is 3. The van der Waals surface area contributed by atoms with Crippen LogP contribution in [0.5, 0.6) is 0 Å². The van der Waals surface area contributed by atoms with Gasteiger partial charge in [-0.05, 0) is 32.5 Å². The van der Waals surface area contributed by atoms with Crippen molar-refractivity contribution in [2.45, 2.75) is 32.0 Å². The maximum atomic E-state index is 6.32. The fourth-order valence-corrected chi connectivity index (χ4v) is 3.14. The van der Waals surface area contributed by atoms with Crippen LogP contribution in [0.3, 0.4) is 0 Å². The Morgan fingerprint density at radius 3 is 2.95 bits per heavy atom. The van der Waals surface area contributed by atoms with Gasteiger partial charge in [-0.1, -0.05) is 29.8 Å². The molecule has 1 saturated heterocycles. The highest BCUT2D eigenvalue weighted by atomic mass is 35.5. The van der Waals surface area contributed by atoms with E-state index in [9.17, 15) is 0 Å². The van der Waals surface area contributed by atoms with Gasteiger partial charge in [0.2, 0.25) is 0 Å². The van der Waals surface area contributed by atoms with Crippen LogP contribution in [0.4, 0.5) is 0 Å². The molecule has 106 valence electrons. The molecule has 0 bridgehead atoms. The molecule has 0 saturated carbocycles. The van der Waals surface area contributed by atoms with Crippen molar-refractivity contribution in [3.63, 3.8) is 0 Å². The molecule has 1 fully saturated rings. The van der Waals surface area contributed by atoms with Crippen LogP contribution in [0, 0.1) is 0 Å². The van der Waals surface area contributed by atoms with E-state index in [1.54, 1.807) is 0 Å². The fraction of sp³-hybridized carbons (Fsp3) is 0.438. The maximum absolute atomic E-state index is 6.32. The molecule has 1 aliphatic rings. The molecule has 2 atom stereocenters. The van der Waals surface area contributed by atoms with Gasteiger partial charge in [-0.3, -0.25) is 4.90 Å². The predicted molar refractivity (Wildman–Crippen MR) is 82.0 cm³/mol. The van der Waals surface area contributed by atoms with Crippen molar-refractivity contribution in [3.05, 3.63) is 41.0 Å². The minimum atomic E-state index is 0.284. The van der Waals surface area contributed by atoms with E-state index in [0.717, 1.165) is 36.0 Å². The molecule has 1 aromatic carbocycles. The zero-order chi connectivity index (χ0) is 14.1. The lowest BCUT2D eigenvalue weighted by molar-refractivity contribution is 0.0814. The van der Waals surface area contributed by atoms with Crippen molar-refractivity contribution in [3.8, 4) is 0 Å². The number of hydrogen-bond donors (Lipinski definition) is 0. The zero-order valence-electron chi connectivity index (χ0n) is 11.8. The molecular formula is C16H19ClN2O. The molecule has 20 heavy (non-hydrogen) atoms. The molecule has 0 N–H and O–H groups in total. The van der Waals surface area contributed by atoms with E-state index in [1.165, 1.54) is 0 Å². The molecule has 0 radical (unpaired) electrons. The van der Waals surface area contributed by atoms with Gasteiger partial charge in [0.15, 0.2) is 0 Å². The number of fused-ring (bicyclic) bond motifs is 1. The number of likely N-dealkylation sites (N-methyl/N-ethyl adjacent to an activating group) is 1. The summed E-state index contributed by atoms with van der Waals surface area (Å²) < 4.78 is 5.63. The second-order valence-electron chi connectivity index (χ2n) is 5.48. The van der Waals surface area contributed by atoms with Crippen molar-refractivity contribution in [1.29, 1.82) is 0 Å². The Balaban J connectivity index is 1.84. The summed E-state index contributed by atoms with van der Waals surface area (Å²) in [6, 6.07) is 10.7. The maximum Gasteiger partial charge on any atom is 0.134 e. The number of rotatable bonds is 3. The Hall–Kier alpha value is -1.16. The topological polar surface area (TPSA) is 25.4 Å². The monoisotopic (exact) mass is 290 g/mol. The summed E-state index contributed by atoms with van der Waals surface area (Å²) in [6.07, 6.45) is 1.36. The Bertz CT molecular complexity index is 616. The summed E-state index contributed by atoms with van der Waals surface area (Å²) in [5, 5.41) is 1.73. The van der Waals surface area contributed by atoms with E-state index in [2.05, 4.69) is 36.0 Å². The van der Waals surface area contributed by atoms with Crippen molar-refractivity contribution < 1.29 is 4.74 Å². The molecule has 2 aromatic rings. The largest absolute Gasteiger partial charge is 0.377 e. The van der Waals surface area contributed by atoms with E-state index >= 15 is 0 Å². The highest BCUT2D eigenvalue weighted by molar-refractivity contribution is 6.30. The van der Waals surface area contributed by atoms with Gasteiger partial charge >= 0.3 is 0 Å². The summed E-state index contributed by atoms with van der Waals surface area (Å²) in [5.41, 5.74) is 2.02. The average Bonchev–Trinajstić information content (AvgIpc) is 2.86. The third kappa shape index (κ3) is 2.66. The van der Waals surface area contributed by atoms with E-state index in [-0.39, 0.29) is 6.10 Å². The highest BCUT2D eigenvalue weighted by Gasteiger charge is 2.28. The first kappa shape index (κ1) is 13.8. The summed E-state index contributed by atoms with van der Waals surface area (Å²) in [4.78, 5) is 6.80. The molecule has 2 heterocycles. The first-order valence-electron chi connectivity index (χ1n) is 7.01. The van der Waals surface area contributed by atoms with Gasteiger partial charge in [0.25, 0.3) is 0 Å². The number of aromatic nitrogens is 1. The molecule has 1 aliphatic heterocycles. The lowest BCUT2D eigenvalue weighted by atomic mass is 10.1. The van der Waals surface area contributed by atoms with Gasteiger partial charge in [-0.2, -0.15) is 0 Å². The standard InChI is InChI=1S/C16H19ClN2O/c1-11-15(7-8-20-11)19(2)10-13-9-12-5-3-4-6-14(12)18-16(13)17/h3-6,9,11,15H,7-8,10H2,1-2H3. The Morgan fingerprint density at radius 1 is 1.40 bits per heavy atom. The van der Waals surface area contributed by atoms with Gasteiger partial charge in [0, 0.05) is 30.1 Å². The molecular weight excluding hydrogens is 272 g/mol. The number of para-hydroxylation sites is 1. The summed E-state index contributed by atoms with van der Waals surface area (Å²) in [7, 11) is 2.13. The quantitative estimate of drug-likeness (QED) is 0.809. The van der Waals surface area contributed by atoms with Gasteiger partial charge in [0.1, 0.15) is 5.15 Å². The molecule has 0 amide bonds. The van der Waals surface area contributed by atoms with Crippen molar-refractivity contribution in [2.75, 3.05) is 13.7 Å². The van der Waals surface area contributed by atoms with Gasteiger partial charge in [-0.25, -0.2) is 4.98 Å². The molecule has 2 unspecified atom stereocenters. The number of nitrogens with zero attached hydrogens (tertiary/aromatic N) is 2. The SMILES string of the molecule is CC1OCCC1N(C)Cc1cc2ccccc2nc1Cl. The van der Waals surface area contributed by atoms with Crippen LogP contribution in [0.15, 0.2) is 30.3 Å². The molecule has 4 heteroatoms. The Morgan fingerprint density at radius 2 is 2.20 bits per heavy atom. The summed E-state index contributed by atoms with van der Waals surface area (Å²) in [6.45, 7) is 3.78. The van der Waals surface area contributed by atoms with Crippen molar-refractivity contribution in [2.24, 2.45) is 0 Å². The van der Waals surface area contributed by atoms with Crippen LogP contribution in [-0.2, 0) is 11.3 Å². The lowest BCUT2D eigenvalue weighted by Crippen LogP contribution is -2.36. The van der Waals surface area contributed by atoms with Crippen LogP contribution in [0.25, 0.3) is 10.9 Å². The fourth-order valence-electron chi connectivity index (χ4n) is 2.93. The highest BCUT2D eigenvalue weighted by Crippen LogP contribution is 2.24. The normalized spacial score (nSPS) is 22.8. The van der Waals surface area contributed by atoms with Crippen LogP contribution < -0.4 is 0 Å². The molecule has 3 rings (SSSR count). The van der Waals surface area contributed by atoms with Gasteiger partial charge in [0.05, 0.1) is 11.6 Å². The Kier molecular flexibility index (Phi) is 3.92.